The molecule has 3 aromatic carbocycles. The van der Waals surface area contributed by atoms with Crippen LogP contribution < -0.4 is 14.2 Å². The SMILES string of the molecule is CCc1cc(C2CC(OC)CCC2C(=O)c2cc(OC)c(OC)c(OC)c2)c2c([nH]c3ccccc32)c1C. The molecule has 3 atom stereocenters. The summed E-state index contributed by atoms with van der Waals surface area (Å²) < 4.78 is 22.5. The predicted molar refractivity (Wildman–Crippen MR) is 151 cm³/mol. The van der Waals surface area contributed by atoms with Crippen LogP contribution in [0.15, 0.2) is 42.5 Å². The first-order chi connectivity index (χ1) is 18.4. The summed E-state index contributed by atoms with van der Waals surface area (Å²) in [6.45, 7) is 4.38. The van der Waals surface area contributed by atoms with Crippen LogP contribution in [0.4, 0.5) is 0 Å². The minimum atomic E-state index is -0.200. The van der Waals surface area contributed by atoms with Crippen molar-refractivity contribution in [3.05, 3.63) is 64.7 Å². The number of carbonyl (C=O) groups excluding carboxylic acids is 1. The first-order valence-corrected chi connectivity index (χ1v) is 13.3. The molecule has 1 aliphatic rings. The van der Waals surface area contributed by atoms with Gasteiger partial charge in [0.15, 0.2) is 17.3 Å². The van der Waals surface area contributed by atoms with Crippen molar-refractivity contribution in [2.45, 2.75) is 51.6 Å². The monoisotopic (exact) mass is 515 g/mol. The average Bonchev–Trinajstić information content (AvgIpc) is 3.36. The Kier molecular flexibility index (Phi) is 7.35. The van der Waals surface area contributed by atoms with Gasteiger partial charge in [-0.1, -0.05) is 31.2 Å². The van der Waals surface area contributed by atoms with E-state index in [1.54, 1.807) is 40.6 Å². The number of aryl methyl sites for hydroxylation is 2. The van der Waals surface area contributed by atoms with E-state index in [0.717, 1.165) is 31.2 Å². The zero-order valence-electron chi connectivity index (χ0n) is 23.1. The van der Waals surface area contributed by atoms with Gasteiger partial charge in [0.1, 0.15) is 0 Å². The molecule has 0 spiro atoms. The molecule has 200 valence electrons. The predicted octanol–water partition coefficient (Wildman–Crippen LogP) is 7.00. The molecule has 0 bridgehead atoms. The first-order valence-electron chi connectivity index (χ1n) is 13.3. The standard InChI is InChI=1S/C32H37NO5/c1-7-19-14-25(29-23-10-8-9-11-26(23)33-30(29)18(19)2)24-17-21(35-3)12-13-22(24)31(34)20-15-27(36-4)32(38-6)28(16-20)37-5/h8-11,14-16,21-22,24,33H,7,12-13,17H2,1-6H3. The maximum absolute atomic E-state index is 14.3. The molecule has 38 heavy (non-hydrogen) atoms. The zero-order chi connectivity index (χ0) is 27.0. The van der Waals surface area contributed by atoms with Gasteiger partial charge in [-0.05, 0) is 73.4 Å². The van der Waals surface area contributed by atoms with Gasteiger partial charge in [-0.25, -0.2) is 0 Å². The van der Waals surface area contributed by atoms with Crippen LogP contribution in [-0.2, 0) is 11.2 Å². The van der Waals surface area contributed by atoms with Crippen LogP contribution in [-0.4, -0.2) is 45.3 Å². The smallest absolute Gasteiger partial charge is 0.203 e. The van der Waals surface area contributed by atoms with E-state index in [-0.39, 0.29) is 23.7 Å². The van der Waals surface area contributed by atoms with Gasteiger partial charge in [0, 0.05) is 40.4 Å². The summed E-state index contributed by atoms with van der Waals surface area (Å²) in [5.41, 5.74) is 6.66. The van der Waals surface area contributed by atoms with Gasteiger partial charge < -0.3 is 23.9 Å². The maximum Gasteiger partial charge on any atom is 0.203 e. The van der Waals surface area contributed by atoms with Crippen molar-refractivity contribution < 1.29 is 23.7 Å². The van der Waals surface area contributed by atoms with Gasteiger partial charge >= 0.3 is 0 Å². The number of rotatable bonds is 8. The van der Waals surface area contributed by atoms with Gasteiger partial charge in [-0.15, -0.1) is 0 Å². The molecule has 0 saturated heterocycles. The molecule has 0 amide bonds. The van der Waals surface area contributed by atoms with Crippen LogP contribution in [0.3, 0.4) is 0 Å². The molecule has 6 nitrogen and oxygen atoms in total. The highest BCUT2D eigenvalue weighted by atomic mass is 16.5. The lowest BCUT2D eigenvalue weighted by atomic mass is 9.70. The molecule has 1 saturated carbocycles. The number of Topliss-reactive ketones (excluding diaryl/α,β-unsaturated/α-hetero) is 1. The fourth-order valence-corrected chi connectivity index (χ4v) is 6.35. The number of para-hydroxylation sites is 1. The minimum Gasteiger partial charge on any atom is -0.493 e. The first kappa shape index (κ1) is 26.1. The number of aromatic nitrogens is 1. The Morgan fingerprint density at radius 3 is 2.32 bits per heavy atom. The number of hydrogen-bond acceptors (Lipinski definition) is 5. The van der Waals surface area contributed by atoms with E-state index < -0.39 is 0 Å². The molecule has 1 aromatic heterocycles. The number of aromatic amines is 1. The van der Waals surface area contributed by atoms with E-state index in [2.05, 4.69) is 49.2 Å². The second-order valence-electron chi connectivity index (χ2n) is 10.2. The highest BCUT2D eigenvalue weighted by Crippen LogP contribution is 2.47. The van der Waals surface area contributed by atoms with Crippen molar-refractivity contribution in [1.82, 2.24) is 4.98 Å². The summed E-state index contributed by atoms with van der Waals surface area (Å²) in [4.78, 5) is 18.0. The molecule has 1 fully saturated rings. The van der Waals surface area contributed by atoms with Crippen LogP contribution in [0, 0.1) is 12.8 Å². The van der Waals surface area contributed by atoms with E-state index in [0.29, 0.717) is 22.8 Å². The van der Waals surface area contributed by atoms with Crippen LogP contribution in [0.25, 0.3) is 21.8 Å². The minimum absolute atomic E-state index is 0.00731. The lowest BCUT2D eigenvalue weighted by molar-refractivity contribution is 0.0433. The van der Waals surface area contributed by atoms with Crippen molar-refractivity contribution in [1.29, 1.82) is 0 Å². The van der Waals surface area contributed by atoms with Gasteiger partial charge in [0.25, 0.3) is 0 Å². The van der Waals surface area contributed by atoms with Gasteiger partial charge in [0.05, 0.1) is 27.4 Å². The maximum atomic E-state index is 14.3. The van der Waals surface area contributed by atoms with E-state index in [4.69, 9.17) is 18.9 Å². The van der Waals surface area contributed by atoms with E-state index in [9.17, 15) is 4.79 Å². The molecule has 1 heterocycles. The third kappa shape index (κ3) is 4.31. The second kappa shape index (κ2) is 10.7. The number of fused-ring (bicyclic) bond motifs is 3. The topological polar surface area (TPSA) is 69.8 Å². The molecule has 0 aliphatic heterocycles. The normalized spacial score (nSPS) is 19.6. The van der Waals surface area contributed by atoms with Crippen LogP contribution in [0.1, 0.15) is 59.2 Å². The number of carbonyl (C=O) groups is 1. The third-order valence-electron chi connectivity index (χ3n) is 8.38. The molecule has 0 radical (unpaired) electrons. The van der Waals surface area contributed by atoms with Gasteiger partial charge in [0.2, 0.25) is 5.75 Å². The molecule has 5 rings (SSSR count). The van der Waals surface area contributed by atoms with E-state index in [1.165, 1.54) is 33.0 Å². The van der Waals surface area contributed by atoms with Crippen LogP contribution in [0.5, 0.6) is 17.2 Å². The summed E-state index contributed by atoms with van der Waals surface area (Å²) in [7, 11) is 6.49. The van der Waals surface area contributed by atoms with Gasteiger partial charge in [-0.2, -0.15) is 0 Å². The summed E-state index contributed by atoms with van der Waals surface area (Å²) in [5.74, 6) is 1.36. The lowest BCUT2D eigenvalue weighted by Crippen LogP contribution is -2.33. The lowest BCUT2D eigenvalue weighted by Gasteiger charge is -2.36. The highest BCUT2D eigenvalue weighted by molar-refractivity contribution is 6.11. The number of H-pyrrole nitrogens is 1. The molecule has 1 N–H and O–H groups in total. The number of methoxy groups -OCH3 is 4. The molecular weight excluding hydrogens is 478 g/mol. The van der Waals surface area contributed by atoms with Crippen LogP contribution >= 0.6 is 0 Å². The highest BCUT2D eigenvalue weighted by Gasteiger charge is 2.38. The van der Waals surface area contributed by atoms with Crippen molar-refractivity contribution >= 4 is 27.6 Å². The Morgan fingerprint density at radius 2 is 1.68 bits per heavy atom. The molecular formula is C32H37NO5. The van der Waals surface area contributed by atoms with Crippen LogP contribution in [0.2, 0.25) is 0 Å². The largest absolute Gasteiger partial charge is 0.493 e. The Bertz CT molecular complexity index is 1460. The number of benzene rings is 3. The summed E-state index contributed by atoms with van der Waals surface area (Å²) in [6.07, 6.45) is 3.42. The second-order valence-corrected chi connectivity index (χ2v) is 10.2. The Labute approximate surface area is 224 Å². The molecule has 4 aromatic rings. The Morgan fingerprint density at radius 1 is 0.974 bits per heavy atom. The van der Waals surface area contributed by atoms with Crippen molar-refractivity contribution in [3.63, 3.8) is 0 Å². The van der Waals surface area contributed by atoms with E-state index in [1.807, 2.05) is 0 Å². The fraction of sp³-hybridized carbons (Fsp3) is 0.406. The summed E-state index contributed by atoms with van der Waals surface area (Å²) >= 11 is 0. The summed E-state index contributed by atoms with van der Waals surface area (Å²) in [6, 6.07) is 14.3. The summed E-state index contributed by atoms with van der Waals surface area (Å²) in [5, 5.41) is 2.42. The third-order valence-corrected chi connectivity index (χ3v) is 8.38. The fourth-order valence-electron chi connectivity index (χ4n) is 6.35. The van der Waals surface area contributed by atoms with Gasteiger partial charge in [-0.3, -0.25) is 4.79 Å². The molecule has 6 heteroatoms. The zero-order valence-corrected chi connectivity index (χ0v) is 23.1. The Balaban J connectivity index is 1.69. The van der Waals surface area contributed by atoms with Crippen molar-refractivity contribution in [2.75, 3.05) is 28.4 Å². The number of ether oxygens (including phenoxy) is 4. The van der Waals surface area contributed by atoms with E-state index >= 15 is 0 Å². The molecule has 3 unspecified atom stereocenters. The average molecular weight is 516 g/mol. The van der Waals surface area contributed by atoms with Crippen molar-refractivity contribution in [3.8, 4) is 17.2 Å². The number of hydrogen-bond donors (Lipinski definition) is 1. The number of nitrogens with one attached hydrogen (secondary N) is 1. The molecule has 1 aliphatic carbocycles. The quantitative estimate of drug-likeness (QED) is 0.256. The Hall–Kier alpha value is -3.51. The van der Waals surface area contributed by atoms with Crippen molar-refractivity contribution in [2.24, 2.45) is 5.92 Å². The number of ketones is 1.